The van der Waals surface area contributed by atoms with Gasteiger partial charge in [-0.15, -0.1) is 0 Å². The molecule has 2 aliphatic heterocycles. The van der Waals surface area contributed by atoms with Crippen molar-refractivity contribution in [3.8, 4) is 0 Å². The molecule has 0 radical (unpaired) electrons. The maximum atomic E-state index is 13.3. The fourth-order valence-corrected chi connectivity index (χ4v) is 5.04. The van der Waals surface area contributed by atoms with Gasteiger partial charge in [-0.1, -0.05) is 53.6 Å². The van der Waals surface area contributed by atoms with Gasteiger partial charge in [0.1, 0.15) is 5.76 Å². The third-order valence-corrected chi connectivity index (χ3v) is 6.73. The molecule has 5 nitrogen and oxygen atoms in total. The van der Waals surface area contributed by atoms with Crippen LogP contribution in [0.1, 0.15) is 35.6 Å². The molecule has 1 unspecified atom stereocenters. The number of aryl methyl sites for hydroxylation is 1. The number of aliphatic hydroxyl groups is 1. The van der Waals surface area contributed by atoms with Crippen molar-refractivity contribution < 1.29 is 14.7 Å². The first-order valence-electron chi connectivity index (χ1n) is 11.4. The Labute approximate surface area is 203 Å². The number of ketones is 1. The summed E-state index contributed by atoms with van der Waals surface area (Å²) < 4.78 is 0. The van der Waals surface area contributed by atoms with Gasteiger partial charge >= 0.3 is 0 Å². The van der Waals surface area contributed by atoms with Crippen LogP contribution in [0.4, 0.5) is 11.4 Å². The van der Waals surface area contributed by atoms with Crippen LogP contribution < -0.4 is 9.80 Å². The smallest absolute Gasteiger partial charge is 0.300 e. The molecule has 1 atom stereocenters. The third-order valence-electron chi connectivity index (χ3n) is 6.50. The van der Waals surface area contributed by atoms with E-state index in [1.807, 2.05) is 55.5 Å². The van der Waals surface area contributed by atoms with Crippen molar-refractivity contribution in [1.82, 2.24) is 0 Å². The molecule has 3 aromatic carbocycles. The second kappa shape index (κ2) is 8.99. The predicted molar refractivity (Wildman–Crippen MR) is 135 cm³/mol. The fourth-order valence-electron chi connectivity index (χ4n) is 4.85. The van der Waals surface area contributed by atoms with E-state index in [-0.39, 0.29) is 11.3 Å². The molecule has 3 aromatic rings. The molecule has 2 aliphatic rings. The Balaban J connectivity index is 1.64. The van der Waals surface area contributed by atoms with E-state index in [0.29, 0.717) is 16.3 Å². The SMILES string of the molecule is Cc1cccc(C2/C(=C(\O)c3cccc(Cl)c3)C(=O)C(=O)N2c2ccc(N3CCCC3)cc2)c1. The monoisotopic (exact) mass is 472 g/mol. The second-order valence-corrected chi connectivity index (χ2v) is 9.24. The fraction of sp³-hybridized carbons (Fsp3) is 0.214. The average molecular weight is 473 g/mol. The van der Waals surface area contributed by atoms with Crippen molar-refractivity contribution in [3.63, 3.8) is 0 Å². The van der Waals surface area contributed by atoms with Crippen LogP contribution in [0.15, 0.2) is 78.4 Å². The van der Waals surface area contributed by atoms with Gasteiger partial charge in [-0.05, 0) is 61.7 Å². The van der Waals surface area contributed by atoms with E-state index in [1.54, 1.807) is 24.3 Å². The highest BCUT2D eigenvalue weighted by molar-refractivity contribution is 6.51. The Morgan fingerprint density at radius 2 is 1.59 bits per heavy atom. The highest BCUT2D eigenvalue weighted by Crippen LogP contribution is 2.43. The van der Waals surface area contributed by atoms with E-state index in [0.717, 1.165) is 29.9 Å². The average Bonchev–Trinajstić information content (AvgIpc) is 3.46. The number of hydrogen-bond donors (Lipinski definition) is 1. The van der Waals surface area contributed by atoms with Crippen LogP contribution in [-0.2, 0) is 9.59 Å². The van der Waals surface area contributed by atoms with Crippen molar-refractivity contribution >= 4 is 40.4 Å². The minimum absolute atomic E-state index is 0.0569. The minimum atomic E-state index is -0.753. The van der Waals surface area contributed by atoms with Crippen LogP contribution in [-0.4, -0.2) is 29.9 Å². The van der Waals surface area contributed by atoms with Crippen LogP contribution in [0.25, 0.3) is 5.76 Å². The summed E-state index contributed by atoms with van der Waals surface area (Å²) in [5.74, 6) is -1.61. The number of anilines is 2. The largest absolute Gasteiger partial charge is 0.507 e. The molecule has 0 saturated carbocycles. The Kier molecular flexibility index (Phi) is 5.88. The molecule has 6 heteroatoms. The number of amides is 1. The topological polar surface area (TPSA) is 60.9 Å². The molecule has 2 fully saturated rings. The first-order valence-corrected chi connectivity index (χ1v) is 11.8. The predicted octanol–water partition coefficient (Wildman–Crippen LogP) is 5.87. The standard InChI is InChI=1S/C28H25ClN2O3/c1-18-6-4-7-19(16-18)25-24(26(32)20-8-5-9-21(29)17-20)27(33)28(34)31(25)23-12-10-22(11-13-23)30-14-2-3-15-30/h4-13,16-17,25,32H,2-3,14-15H2,1H3/b26-24+. The first-order chi connectivity index (χ1) is 16.4. The molecule has 0 bridgehead atoms. The number of Topliss-reactive ketones (excluding diaryl/α,β-unsaturated/α-hetero) is 1. The maximum Gasteiger partial charge on any atom is 0.300 e. The minimum Gasteiger partial charge on any atom is -0.507 e. The number of carbonyl (C=O) groups excluding carboxylic acids is 2. The molecular formula is C28H25ClN2O3. The Hall–Kier alpha value is -3.57. The summed E-state index contributed by atoms with van der Waals surface area (Å²) in [6, 6.07) is 21.3. The molecule has 172 valence electrons. The molecule has 0 spiro atoms. The molecule has 0 aromatic heterocycles. The van der Waals surface area contributed by atoms with Crippen molar-refractivity contribution in [2.45, 2.75) is 25.8 Å². The van der Waals surface area contributed by atoms with Crippen molar-refractivity contribution in [3.05, 3.63) is 100 Å². The number of rotatable bonds is 4. The van der Waals surface area contributed by atoms with Crippen LogP contribution in [0, 0.1) is 6.92 Å². The van der Waals surface area contributed by atoms with Gasteiger partial charge in [0.15, 0.2) is 0 Å². The van der Waals surface area contributed by atoms with Gasteiger partial charge in [0.25, 0.3) is 11.7 Å². The van der Waals surface area contributed by atoms with Gasteiger partial charge < -0.3 is 10.0 Å². The number of hydrogen-bond acceptors (Lipinski definition) is 4. The number of benzene rings is 3. The molecule has 34 heavy (non-hydrogen) atoms. The van der Waals surface area contributed by atoms with Crippen molar-refractivity contribution in [2.24, 2.45) is 0 Å². The lowest BCUT2D eigenvalue weighted by Gasteiger charge is -2.26. The van der Waals surface area contributed by atoms with Gasteiger partial charge in [-0.3, -0.25) is 14.5 Å². The van der Waals surface area contributed by atoms with Gasteiger partial charge in [0, 0.05) is 35.1 Å². The quantitative estimate of drug-likeness (QED) is 0.293. The normalized spacial score (nSPS) is 19.8. The third kappa shape index (κ3) is 3.97. The lowest BCUT2D eigenvalue weighted by Crippen LogP contribution is -2.29. The van der Waals surface area contributed by atoms with Crippen LogP contribution in [0.3, 0.4) is 0 Å². The van der Waals surface area contributed by atoms with E-state index >= 15 is 0 Å². The summed E-state index contributed by atoms with van der Waals surface area (Å²) in [4.78, 5) is 30.4. The number of nitrogens with zero attached hydrogens (tertiary/aromatic N) is 2. The first kappa shape index (κ1) is 22.2. The molecule has 2 heterocycles. The van der Waals surface area contributed by atoms with Crippen molar-refractivity contribution in [1.29, 1.82) is 0 Å². The van der Waals surface area contributed by atoms with E-state index < -0.39 is 17.7 Å². The number of halogens is 1. The summed E-state index contributed by atoms with van der Waals surface area (Å²) in [6.07, 6.45) is 2.35. The van der Waals surface area contributed by atoms with E-state index in [4.69, 9.17) is 11.6 Å². The highest BCUT2D eigenvalue weighted by atomic mass is 35.5. The molecule has 1 amide bonds. The highest BCUT2D eigenvalue weighted by Gasteiger charge is 2.47. The van der Waals surface area contributed by atoms with Crippen LogP contribution in [0.5, 0.6) is 0 Å². The number of carbonyl (C=O) groups is 2. The Morgan fingerprint density at radius 1 is 0.912 bits per heavy atom. The zero-order valence-electron chi connectivity index (χ0n) is 18.9. The molecule has 1 N–H and O–H groups in total. The lowest BCUT2D eigenvalue weighted by atomic mass is 9.94. The summed E-state index contributed by atoms with van der Waals surface area (Å²) in [6.45, 7) is 4.00. The molecule has 0 aliphatic carbocycles. The van der Waals surface area contributed by atoms with Gasteiger partial charge in [-0.2, -0.15) is 0 Å². The van der Waals surface area contributed by atoms with E-state index in [1.165, 1.54) is 17.7 Å². The summed E-state index contributed by atoms with van der Waals surface area (Å²) >= 11 is 6.13. The second-order valence-electron chi connectivity index (χ2n) is 8.80. The van der Waals surface area contributed by atoms with Gasteiger partial charge in [-0.25, -0.2) is 0 Å². The lowest BCUT2D eigenvalue weighted by molar-refractivity contribution is -0.132. The summed E-state index contributed by atoms with van der Waals surface area (Å²) in [5.41, 5.74) is 3.92. The van der Waals surface area contributed by atoms with Gasteiger partial charge in [0.05, 0.1) is 11.6 Å². The summed E-state index contributed by atoms with van der Waals surface area (Å²) in [7, 11) is 0. The molecule has 2 saturated heterocycles. The van der Waals surface area contributed by atoms with Crippen LogP contribution in [0.2, 0.25) is 5.02 Å². The van der Waals surface area contributed by atoms with Crippen LogP contribution >= 0.6 is 11.6 Å². The maximum absolute atomic E-state index is 13.3. The zero-order valence-corrected chi connectivity index (χ0v) is 19.6. The molecule has 5 rings (SSSR count). The van der Waals surface area contributed by atoms with Crippen molar-refractivity contribution in [2.75, 3.05) is 22.9 Å². The van der Waals surface area contributed by atoms with E-state index in [2.05, 4.69) is 4.90 Å². The van der Waals surface area contributed by atoms with Gasteiger partial charge in [0.2, 0.25) is 0 Å². The Morgan fingerprint density at radius 3 is 2.26 bits per heavy atom. The van der Waals surface area contributed by atoms with E-state index in [9.17, 15) is 14.7 Å². The zero-order chi connectivity index (χ0) is 23.8. The summed E-state index contributed by atoms with van der Waals surface area (Å²) in [5, 5.41) is 11.6. The molecular weight excluding hydrogens is 448 g/mol. The number of aliphatic hydroxyl groups excluding tert-OH is 1. The Bertz CT molecular complexity index is 1290.